The van der Waals surface area contributed by atoms with E-state index in [1.165, 1.54) is 11.0 Å². The fourth-order valence-electron chi connectivity index (χ4n) is 7.53. The van der Waals surface area contributed by atoms with Gasteiger partial charge in [0, 0.05) is 23.5 Å². The number of methoxy groups -OCH3 is 2. The third-order valence-corrected chi connectivity index (χ3v) is 12.3. The lowest BCUT2D eigenvalue weighted by molar-refractivity contribution is -0.135. The van der Waals surface area contributed by atoms with Crippen LogP contribution >= 0.6 is 0 Å². The Balaban J connectivity index is 0.000000243. The maximum Gasteiger partial charge on any atom is 0.265 e. The second-order valence-corrected chi connectivity index (χ2v) is 19.0. The van der Waals surface area contributed by atoms with Crippen LogP contribution in [0, 0.1) is 41.5 Å². The SMILES string of the molecule is C.COc1cc(N2C(=O)[C@H](OS(C)(=O)=O)[C@@H]2c2ccc(C)c(O)c2)cc(C)c1C.COc1cc(N2C(=O)[C@H](OS(C)(=O)=O)[C@@H]2c2ccc(C)c(OCc3ccccc3)c2)cc(C)c1C. The molecule has 1 N–H and O–H groups in total. The lowest BCUT2D eigenvalue weighted by Gasteiger charge is -2.46. The quantitative estimate of drug-likeness (QED) is 0.0891. The molecule has 2 aliphatic rings. The predicted molar refractivity (Wildman–Crippen MR) is 246 cm³/mol. The van der Waals surface area contributed by atoms with Crippen molar-refractivity contribution in [1.29, 1.82) is 0 Å². The molecule has 0 spiro atoms. The van der Waals surface area contributed by atoms with Gasteiger partial charge in [0.25, 0.3) is 32.1 Å². The second-order valence-electron chi connectivity index (χ2n) is 15.8. The number of aromatic hydroxyl groups is 1. The van der Waals surface area contributed by atoms with Gasteiger partial charge in [0.2, 0.25) is 0 Å². The van der Waals surface area contributed by atoms with Crippen LogP contribution in [-0.2, 0) is 44.8 Å². The van der Waals surface area contributed by atoms with E-state index in [1.54, 1.807) is 50.3 Å². The Morgan fingerprint density at radius 3 is 1.42 bits per heavy atom. The molecule has 5 aromatic rings. The number of hydrogen-bond donors (Lipinski definition) is 1. The van der Waals surface area contributed by atoms with Crippen LogP contribution in [0.25, 0.3) is 0 Å². The number of phenolic OH excluding ortho intramolecular Hbond substituents is 1. The second kappa shape index (κ2) is 19.4. The molecule has 16 heteroatoms. The molecule has 0 radical (unpaired) electrons. The summed E-state index contributed by atoms with van der Waals surface area (Å²) in [5.41, 5.74) is 8.91. The maximum atomic E-state index is 13.1. The molecule has 0 bridgehead atoms. The number of aryl methyl sites for hydroxylation is 4. The highest BCUT2D eigenvalue weighted by atomic mass is 32.2. The molecule has 7 rings (SSSR count). The molecule has 14 nitrogen and oxygen atoms in total. The highest BCUT2D eigenvalue weighted by Crippen LogP contribution is 2.46. The molecule has 2 saturated heterocycles. The van der Waals surface area contributed by atoms with Gasteiger partial charge in [-0.3, -0.25) is 27.8 Å². The Morgan fingerprint density at radius 2 is 1.00 bits per heavy atom. The highest BCUT2D eigenvalue weighted by molar-refractivity contribution is 7.86. The largest absolute Gasteiger partial charge is 0.508 e. The van der Waals surface area contributed by atoms with E-state index < -0.39 is 56.3 Å². The average Bonchev–Trinajstić information content (AvgIpc) is 3.23. The minimum absolute atomic E-state index is 0. The number of anilines is 2. The van der Waals surface area contributed by atoms with Crippen molar-refractivity contribution in [3.8, 4) is 23.0 Å². The monoisotopic (exact) mass is 916 g/mol. The zero-order chi connectivity index (χ0) is 46.1. The number of phenols is 1. The van der Waals surface area contributed by atoms with Gasteiger partial charge in [0.1, 0.15) is 29.6 Å². The molecular formula is C48H56N2O12S2. The van der Waals surface area contributed by atoms with Crippen molar-refractivity contribution in [1.82, 2.24) is 0 Å². The Morgan fingerprint density at radius 1 is 0.562 bits per heavy atom. The summed E-state index contributed by atoms with van der Waals surface area (Å²) in [6, 6.07) is 26.3. The Bertz CT molecular complexity index is 2780. The number of rotatable bonds is 13. The molecule has 2 aliphatic heterocycles. The third-order valence-electron chi connectivity index (χ3n) is 11.2. The molecular weight excluding hydrogens is 861 g/mol. The van der Waals surface area contributed by atoms with Gasteiger partial charge in [0.15, 0.2) is 12.2 Å². The molecule has 0 unspecified atom stereocenters. The third kappa shape index (κ3) is 10.5. The number of hydrogen-bond acceptors (Lipinski definition) is 12. The van der Waals surface area contributed by atoms with Crippen LogP contribution in [0.5, 0.6) is 23.0 Å². The van der Waals surface area contributed by atoms with E-state index in [0.29, 0.717) is 51.9 Å². The number of carbonyl (C=O) groups excluding carboxylic acids is 2. The van der Waals surface area contributed by atoms with Gasteiger partial charge in [-0.25, -0.2) is 0 Å². The summed E-state index contributed by atoms with van der Waals surface area (Å²) in [5.74, 6) is 1.09. The normalized spacial score (nSPS) is 18.2. The predicted octanol–water partition coefficient (Wildman–Crippen LogP) is 8.03. The van der Waals surface area contributed by atoms with Crippen molar-refractivity contribution in [3.63, 3.8) is 0 Å². The lowest BCUT2D eigenvalue weighted by Crippen LogP contribution is -2.60. The molecule has 0 aliphatic carbocycles. The molecule has 4 atom stereocenters. The molecule has 2 amide bonds. The van der Waals surface area contributed by atoms with Crippen molar-refractivity contribution >= 4 is 43.4 Å². The first-order chi connectivity index (χ1) is 29.6. The molecule has 5 aromatic carbocycles. The van der Waals surface area contributed by atoms with Crippen LogP contribution in [0.1, 0.15) is 69.6 Å². The molecule has 2 heterocycles. The van der Waals surface area contributed by atoms with E-state index in [-0.39, 0.29) is 13.2 Å². The molecule has 64 heavy (non-hydrogen) atoms. The summed E-state index contributed by atoms with van der Waals surface area (Å²) >= 11 is 0. The van der Waals surface area contributed by atoms with E-state index in [4.69, 9.17) is 22.6 Å². The molecule has 342 valence electrons. The van der Waals surface area contributed by atoms with Crippen LogP contribution in [0.3, 0.4) is 0 Å². The zero-order valence-electron chi connectivity index (χ0n) is 36.8. The number of nitrogens with zero attached hydrogens (tertiary/aromatic N) is 2. The van der Waals surface area contributed by atoms with Gasteiger partial charge in [0.05, 0.1) is 38.8 Å². The van der Waals surface area contributed by atoms with Crippen molar-refractivity contribution in [2.45, 2.75) is 79.9 Å². The topological polar surface area (TPSA) is 175 Å². The number of β-lactam (4-membered cyclic amide) rings is 2. The molecule has 0 saturated carbocycles. The van der Waals surface area contributed by atoms with Crippen LogP contribution in [0.4, 0.5) is 11.4 Å². The number of ether oxygens (including phenoxy) is 3. The Labute approximate surface area is 376 Å². The van der Waals surface area contributed by atoms with E-state index in [2.05, 4.69) is 0 Å². The summed E-state index contributed by atoms with van der Waals surface area (Å²) in [6.07, 6.45) is -0.499. The standard InChI is InChI=1S/C27H29NO6S.C20H23NO6S.CH4/c1-17-11-12-21(14-23(17)33-16-20-9-7-6-8-10-20)25-26(34-35(5,30)31)27(29)28(25)22-13-18(2)19(3)24(15-22)32-4;1-11-6-7-14(9-16(11)22)18-19(27-28(5,24)25)20(23)21(18)15-8-12(2)13(3)17(10-15)26-4;/h6-15,25-26H,16H2,1-5H3;6-10,18-19,22H,1-5H3;1H4/t25-,26+;18-,19+;/m00./s1. The lowest BCUT2D eigenvalue weighted by atomic mass is 9.89. The fourth-order valence-corrected chi connectivity index (χ4v) is 8.66. The summed E-state index contributed by atoms with van der Waals surface area (Å²) < 4.78 is 74.4. The summed E-state index contributed by atoms with van der Waals surface area (Å²) in [4.78, 5) is 29.0. The minimum Gasteiger partial charge on any atom is -0.508 e. The number of benzene rings is 5. The zero-order valence-corrected chi connectivity index (χ0v) is 38.5. The summed E-state index contributed by atoms with van der Waals surface area (Å²) in [6.45, 7) is 11.8. The first-order valence-corrected chi connectivity index (χ1v) is 23.6. The van der Waals surface area contributed by atoms with Crippen molar-refractivity contribution in [2.24, 2.45) is 0 Å². The van der Waals surface area contributed by atoms with Gasteiger partial charge in [-0.05, 0) is 116 Å². The van der Waals surface area contributed by atoms with E-state index in [9.17, 15) is 31.5 Å². The van der Waals surface area contributed by atoms with E-state index >= 15 is 0 Å². The maximum absolute atomic E-state index is 13.1. The van der Waals surface area contributed by atoms with E-state index in [0.717, 1.165) is 45.9 Å². The van der Waals surface area contributed by atoms with Gasteiger partial charge in [-0.1, -0.05) is 62.0 Å². The van der Waals surface area contributed by atoms with Crippen LogP contribution in [0.15, 0.2) is 91.0 Å². The molecule has 2 fully saturated rings. The van der Waals surface area contributed by atoms with Gasteiger partial charge in [-0.15, -0.1) is 0 Å². The minimum atomic E-state index is -3.86. The summed E-state index contributed by atoms with van der Waals surface area (Å²) in [5, 5.41) is 10.1. The van der Waals surface area contributed by atoms with Crippen LogP contribution in [-0.4, -0.2) is 72.7 Å². The van der Waals surface area contributed by atoms with Gasteiger partial charge in [-0.2, -0.15) is 16.8 Å². The first kappa shape index (κ1) is 49.1. The smallest absolute Gasteiger partial charge is 0.265 e. The molecule has 0 aromatic heterocycles. The van der Waals surface area contributed by atoms with Crippen LogP contribution < -0.4 is 24.0 Å². The van der Waals surface area contributed by atoms with Crippen molar-refractivity contribution < 1.29 is 54.1 Å². The average molecular weight is 917 g/mol. The Kier molecular flexibility index (Phi) is 14.9. The Hall–Kier alpha value is -5.94. The number of amides is 2. The highest BCUT2D eigenvalue weighted by Gasteiger charge is 2.53. The number of carbonyl (C=O) groups is 2. The first-order valence-electron chi connectivity index (χ1n) is 19.9. The van der Waals surface area contributed by atoms with Crippen molar-refractivity contribution in [2.75, 3.05) is 36.5 Å². The fraction of sp³-hybridized carbons (Fsp3) is 0.333. The van der Waals surface area contributed by atoms with Crippen LogP contribution in [0.2, 0.25) is 0 Å². The summed E-state index contributed by atoms with van der Waals surface area (Å²) in [7, 11) is -4.58. The van der Waals surface area contributed by atoms with Crippen molar-refractivity contribution in [3.05, 3.63) is 141 Å². The van der Waals surface area contributed by atoms with Gasteiger partial charge < -0.3 is 19.3 Å². The van der Waals surface area contributed by atoms with Gasteiger partial charge >= 0.3 is 0 Å². The van der Waals surface area contributed by atoms with E-state index in [1.807, 2.05) is 95.3 Å².